The van der Waals surface area contributed by atoms with Crippen LogP contribution >= 0.6 is 0 Å². The summed E-state index contributed by atoms with van der Waals surface area (Å²) in [5.74, 6) is -55.3. The molecule has 0 saturated carbocycles. The summed E-state index contributed by atoms with van der Waals surface area (Å²) in [6.07, 6.45) is -7.85. The Bertz CT molecular complexity index is 1110. The molecule has 1 aromatic rings. The van der Waals surface area contributed by atoms with Crippen molar-refractivity contribution in [3.8, 4) is 0 Å². The minimum Gasteiger partial charge on any atom is -0.286 e. The van der Waals surface area contributed by atoms with Crippen molar-refractivity contribution in [3.05, 3.63) is 42.2 Å². The molecule has 0 spiro atoms. The van der Waals surface area contributed by atoms with Gasteiger partial charge in [-0.25, -0.2) is 0 Å². The van der Waals surface area contributed by atoms with Crippen molar-refractivity contribution in [3.63, 3.8) is 0 Å². The Kier molecular flexibility index (Phi) is 8.21. The topological polar surface area (TPSA) is 52.6 Å². The van der Waals surface area contributed by atoms with Gasteiger partial charge in [0, 0.05) is 0 Å². The quantitative estimate of drug-likeness (QED) is 0.128. The zero-order valence-electron chi connectivity index (χ0n) is 16.4. The normalized spacial score (nSPS) is 15.9. The largest absolute Gasteiger partial charge is 0.460 e. The molecule has 214 valence electrons. The number of halogens is 17. The van der Waals surface area contributed by atoms with E-state index >= 15 is 0 Å². The highest BCUT2D eigenvalue weighted by molar-refractivity contribution is 7.86. The molecule has 22 heteroatoms. The van der Waals surface area contributed by atoms with E-state index in [0.717, 1.165) is 18.2 Å². The van der Waals surface area contributed by atoms with Gasteiger partial charge in [0.15, 0.2) is 0 Å². The van der Waals surface area contributed by atoms with Gasteiger partial charge in [-0.1, -0.05) is 18.2 Å². The fourth-order valence-corrected chi connectivity index (χ4v) is 2.68. The highest BCUT2D eigenvalue weighted by Gasteiger charge is 2.93. The third kappa shape index (κ3) is 5.00. The fraction of sp³-hybridized carbons (Fsp3) is 0.467. The van der Waals surface area contributed by atoms with Gasteiger partial charge in [0.1, 0.15) is 0 Å². The molecule has 0 atom stereocenters. The first kappa shape index (κ1) is 32.5. The van der Waals surface area contributed by atoms with E-state index in [9.17, 15) is 83.1 Å². The average molecular weight is 604 g/mol. The van der Waals surface area contributed by atoms with Gasteiger partial charge in [-0.2, -0.15) is 83.1 Å². The average Bonchev–Trinajstić information content (AvgIpc) is 2.76. The summed E-state index contributed by atoms with van der Waals surface area (Å²) in [4.78, 5) is 1.73. The van der Waals surface area contributed by atoms with Crippen LogP contribution in [0.2, 0.25) is 0 Å². The van der Waals surface area contributed by atoms with E-state index in [1.165, 1.54) is 0 Å². The second-order valence-electron chi connectivity index (χ2n) is 6.45. The van der Waals surface area contributed by atoms with Crippen molar-refractivity contribution in [2.24, 2.45) is 0 Å². The van der Waals surface area contributed by atoms with E-state index in [1.54, 1.807) is 0 Å². The molecule has 0 radical (unpaired) electrons. The van der Waals surface area contributed by atoms with Gasteiger partial charge in [-0.15, -0.1) is 0 Å². The molecule has 0 fully saturated rings. The Labute approximate surface area is 192 Å². The van der Waals surface area contributed by atoms with E-state index in [4.69, 9.17) is 0 Å². The van der Waals surface area contributed by atoms with E-state index in [1.807, 2.05) is 0 Å². The fourth-order valence-electron chi connectivity index (χ4n) is 1.97. The van der Waals surface area contributed by atoms with Crippen LogP contribution in [-0.4, -0.2) is 50.1 Å². The number of rotatable bonds is 10. The molecule has 0 bridgehead atoms. The predicted octanol–water partition coefficient (Wildman–Crippen LogP) is 6.81. The van der Waals surface area contributed by atoms with Crippen molar-refractivity contribution < 1.29 is 92.3 Å². The minimum atomic E-state index is -8.74. The Morgan fingerprint density at radius 3 is 1.38 bits per heavy atom. The van der Waals surface area contributed by atoms with Crippen LogP contribution in [0.5, 0.6) is 0 Å². The molecule has 0 saturated heterocycles. The zero-order chi connectivity index (χ0) is 29.7. The monoisotopic (exact) mass is 604 g/mol. The summed E-state index contributed by atoms with van der Waals surface area (Å²) in [6.45, 7) is 0. The molecule has 1 rings (SSSR count). The number of alkyl halides is 15. The molecular formula is C15H5F17O4S. The minimum absolute atomic E-state index is 0.610. The van der Waals surface area contributed by atoms with E-state index in [2.05, 4.69) is 9.22 Å². The standard InChI is InChI=1S/C15H5F17O4S/c16-7(8(17)35-36-37(33,34)6-4-2-1-3-5-6)9(18,19)10(20,21)11(22,23)12(24,25)13(26,27)14(28,29)15(30,31)32/h1-5H. The van der Waals surface area contributed by atoms with Crippen molar-refractivity contribution in [2.45, 2.75) is 46.6 Å². The van der Waals surface area contributed by atoms with Gasteiger partial charge in [-0.05, 0) is 16.5 Å². The first-order chi connectivity index (χ1) is 16.1. The van der Waals surface area contributed by atoms with E-state index in [-0.39, 0.29) is 0 Å². The highest BCUT2D eigenvalue weighted by Crippen LogP contribution is 2.63. The summed E-state index contributed by atoms with van der Waals surface area (Å²) in [5, 5.41) is 0. The van der Waals surface area contributed by atoms with Crippen molar-refractivity contribution >= 4 is 10.1 Å². The van der Waals surface area contributed by atoms with Gasteiger partial charge in [-0.3, -0.25) is 4.89 Å². The third-order valence-electron chi connectivity index (χ3n) is 4.00. The van der Waals surface area contributed by atoms with Crippen LogP contribution in [-0.2, 0) is 19.3 Å². The number of hydrogen-bond acceptors (Lipinski definition) is 4. The summed E-state index contributed by atoms with van der Waals surface area (Å²) in [7, 11) is -5.42. The molecule has 0 heterocycles. The molecule has 0 aliphatic heterocycles. The van der Waals surface area contributed by atoms with Gasteiger partial charge in [0.2, 0.25) is 0 Å². The molecule has 37 heavy (non-hydrogen) atoms. The SMILES string of the molecule is O=S(=O)(OOC(F)=C(F)C(F)(F)C(F)(F)C(F)(F)C(F)(F)C(F)(F)C(F)(F)C(F)(F)F)c1ccccc1. The second kappa shape index (κ2) is 9.34. The van der Waals surface area contributed by atoms with E-state index in [0.29, 0.717) is 12.1 Å². The van der Waals surface area contributed by atoms with Crippen LogP contribution in [0.1, 0.15) is 0 Å². The molecule has 0 aromatic heterocycles. The molecule has 4 nitrogen and oxygen atoms in total. The lowest BCUT2D eigenvalue weighted by atomic mass is 9.91. The maximum atomic E-state index is 13.6. The van der Waals surface area contributed by atoms with Crippen molar-refractivity contribution in [2.75, 3.05) is 0 Å². The summed E-state index contributed by atoms with van der Waals surface area (Å²) in [5.41, 5.74) is 0. The maximum absolute atomic E-state index is 13.6. The summed E-state index contributed by atoms with van der Waals surface area (Å²) in [6, 6.07) is 0.191. The third-order valence-corrected chi connectivity index (χ3v) is 5.10. The Morgan fingerprint density at radius 2 is 0.973 bits per heavy atom. The molecule has 1 aromatic carbocycles. The maximum Gasteiger partial charge on any atom is 0.460 e. The van der Waals surface area contributed by atoms with Gasteiger partial charge in [0.25, 0.3) is 5.83 Å². The Hall–Kier alpha value is -2.52. The summed E-state index contributed by atoms with van der Waals surface area (Å²) < 4.78 is 248. The van der Waals surface area contributed by atoms with Crippen molar-refractivity contribution in [1.29, 1.82) is 0 Å². The van der Waals surface area contributed by atoms with Crippen LogP contribution in [0.4, 0.5) is 74.6 Å². The van der Waals surface area contributed by atoms with Gasteiger partial charge >= 0.3 is 57.8 Å². The van der Waals surface area contributed by atoms with Gasteiger partial charge in [0.05, 0.1) is 4.90 Å². The first-order valence-corrected chi connectivity index (χ1v) is 9.61. The van der Waals surface area contributed by atoms with Crippen LogP contribution in [0.15, 0.2) is 47.1 Å². The lowest BCUT2D eigenvalue weighted by Gasteiger charge is -2.41. The first-order valence-electron chi connectivity index (χ1n) is 8.20. The highest BCUT2D eigenvalue weighted by atomic mass is 32.2. The lowest BCUT2D eigenvalue weighted by Crippen LogP contribution is -2.72. The molecule has 0 N–H and O–H groups in total. The van der Waals surface area contributed by atoms with Crippen LogP contribution < -0.4 is 0 Å². The Balaban J connectivity index is 3.49. The van der Waals surface area contributed by atoms with Crippen LogP contribution in [0, 0.1) is 0 Å². The van der Waals surface area contributed by atoms with Crippen LogP contribution in [0.3, 0.4) is 0 Å². The van der Waals surface area contributed by atoms with Gasteiger partial charge < -0.3 is 0 Å². The number of hydrogen-bond donors (Lipinski definition) is 0. The van der Waals surface area contributed by atoms with Crippen LogP contribution in [0.25, 0.3) is 0 Å². The zero-order valence-corrected chi connectivity index (χ0v) is 17.2. The lowest BCUT2D eigenvalue weighted by molar-refractivity contribution is -0.451. The predicted molar refractivity (Wildman–Crippen MR) is 80.8 cm³/mol. The molecule has 0 amide bonds. The smallest absolute Gasteiger partial charge is 0.286 e. The number of allylic oxidation sites excluding steroid dienone is 1. The molecule has 0 unspecified atom stereocenters. The molecule has 0 aliphatic carbocycles. The van der Waals surface area contributed by atoms with Crippen molar-refractivity contribution in [1.82, 2.24) is 0 Å². The summed E-state index contributed by atoms with van der Waals surface area (Å²) >= 11 is 0. The second-order valence-corrected chi connectivity index (χ2v) is 7.97. The Morgan fingerprint density at radius 1 is 0.595 bits per heavy atom. The molecular weight excluding hydrogens is 599 g/mol. The van der Waals surface area contributed by atoms with E-state index < -0.39 is 68.6 Å². The number of benzene rings is 1. The molecule has 0 aliphatic rings.